The minimum atomic E-state index is -0.359. The van der Waals surface area contributed by atoms with Crippen molar-refractivity contribution >= 4 is 5.91 Å². The number of nitrogens with two attached hydrogens (primary N) is 1. The van der Waals surface area contributed by atoms with Gasteiger partial charge in [-0.15, -0.1) is 6.42 Å². The van der Waals surface area contributed by atoms with E-state index in [0.717, 1.165) is 0 Å². The Bertz CT molecular complexity index is 455. The van der Waals surface area contributed by atoms with Crippen LogP contribution in [0.25, 0.3) is 0 Å². The third-order valence-corrected chi connectivity index (χ3v) is 2.18. The molecule has 1 aromatic rings. The van der Waals surface area contributed by atoms with E-state index < -0.39 is 0 Å². The second-order valence-corrected chi connectivity index (χ2v) is 3.56. The van der Waals surface area contributed by atoms with Crippen LogP contribution < -0.4 is 15.8 Å². The second-order valence-electron chi connectivity index (χ2n) is 3.56. The lowest BCUT2D eigenvalue weighted by Crippen LogP contribution is -2.29. The van der Waals surface area contributed by atoms with E-state index in [2.05, 4.69) is 11.2 Å². The molecule has 0 radical (unpaired) electrons. The van der Waals surface area contributed by atoms with Crippen LogP contribution in [0, 0.1) is 18.2 Å². The molecule has 0 unspecified atom stereocenters. The normalized spacial score (nSPS) is 9.61. The van der Waals surface area contributed by atoms with Gasteiger partial charge in [-0.1, -0.05) is 5.92 Å². The van der Waals surface area contributed by atoms with Gasteiger partial charge in [-0.2, -0.15) is 0 Å². The first-order valence-corrected chi connectivity index (χ1v) is 5.49. The molecule has 96 valence electrons. The van der Waals surface area contributed by atoms with Crippen molar-refractivity contribution in [2.24, 2.45) is 5.73 Å². The lowest BCUT2D eigenvalue weighted by molar-refractivity contribution is -0.122. The number of nitrogens with one attached hydrogen (secondary N) is 1. The zero-order valence-electron chi connectivity index (χ0n) is 9.91. The molecular formula is C13H15FN2O2. The van der Waals surface area contributed by atoms with Crippen LogP contribution in [-0.2, 0) is 11.2 Å². The molecule has 0 aliphatic carbocycles. The summed E-state index contributed by atoms with van der Waals surface area (Å²) in [5, 5.41) is 2.47. The fourth-order valence-electron chi connectivity index (χ4n) is 1.38. The Morgan fingerprint density at radius 2 is 2.33 bits per heavy atom. The summed E-state index contributed by atoms with van der Waals surface area (Å²) in [7, 11) is 0. The Labute approximate surface area is 105 Å². The van der Waals surface area contributed by atoms with Gasteiger partial charge in [-0.05, 0) is 36.7 Å². The Kier molecular flexibility index (Phi) is 5.68. The van der Waals surface area contributed by atoms with Crippen LogP contribution in [-0.4, -0.2) is 25.6 Å². The molecule has 18 heavy (non-hydrogen) atoms. The van der Waals surface area contributed by atoms with Crippen molar-refractivity contribution in [2.45, 2.75) is 6.42 Å². The van der Waals surface area contributed by atoms with Crippen LogP contribution in [0.5, 0.6) is 5.75 Å². The molecule has 1 amide bonds. The summed E-state index contributed by atoms with van der Waals surface area (Å²) in [4.78, 5) is 11.3. The number of hydrogen-bond donors (Lipinski definition) is 2. The first-order chi connectivity index (χ1) is 8.67. The maximum atomic E-state index is 13.0. The Morgan fingerprint density at radius 1 is 1.56 bits per heavy atom. The van der Waals surface area contributed by atoms with E-state index in [4.69, 9.17) is 16.9 Å². The maximum absolute atomic E-state index is 13.0. The summed E-state index contributed by atoms with van der Waals surface area (Å²) in [6, 6.07) is 4.10. The molecule has 4 nitrogen and oxygen atoms in total. The third-order valence-electron chi connectivity index (χ3n) is 2.18. The van der Waals surface area contributed by atoms with Crippen molar-refractivity contribution < 1.29 is 13.9 Å². The van der Waals surface area contributed by atoms with Gasteiger partial charge < -0.3 is 15.8 Å². The lowest BCUT2D eigenvalue weighted by atomic mass is 10.1. The van der Waals surface area contributed by atoms with E-state index in [1.54, 1.807) is 0 Å². The van der Waals surface area contributed by atoms with Gasteiger partial charge in [0.15, 0.2) is 6.61 Å². The predicted octanol–water partition coefficient (Wildman–Crippen LogP) is 0.455. The predicted molar refractivity (Wildman–Crippen MR) is 66.5 cm³/mol. The summed E-state index contributed by atoms with van der Waals surface area (Å²) in [5.74, 6) is 2.06. The van der Waals surface area contributed by atoms with Gasteiger partial charge in [0.1, 0.15) is 11.6 Å². The third kappa shape index (κ3) is 4.44. The highest BCUT2D eigenvalue weighted by Gasteiger charge is 2.07. The standard InChI is InChI=1S/C13H15FN2O2/c1-2-7-16-13(17)9-18-12-4-3-11(14)8-10(12)5-6-15/h1,3-4,8H,5-7,9,15H2,(H,16,17). The van der Waals surface area contributed by atoms with Gasteiger partial charge in [0.2, 0.25) is 0 Å². The molecule has 1 aromatic carbocycles. The molecule has 0 spiro atoms. The Balaban J connectivity index is 2.61. The fourth-order valence-corrected chi connectivity index (χ4v) is 1.38. The summed E-state index contributed by atoms with van der Waals surface area (Å²) in [6.07, 6.45) is 5.49. The van der Waals surface area contributed by atoms with Crippen molar-refractivity contribution in [1.29, 1.82) is 0 Å². The molecule has 0 bridgehead atoms. The Hall–Kier alpha value is -2.06. The lowest BCUT2D eigenvalue weighted by Gasteiger charge is -2.10. The number of carbonyl (C=O) groups excluding carboxylic acids is 1. The minimum Gasteiger partial charge on any atom is -0.483 e. The number of terminal acetylenes is 1. The van der Waals surface area contributed by atoms with Gasteiger partial charge in [-0.3, -0.25) is 4.79 Å². The molecule has 0 aromatic heterocycles. The van der Waals surface area contributed by atoms with Crippen molar-refractivity contribution in [3.8, 4) is 18.1 Å². The molecule has 0 fully saturated rings. The van der Waals surface area contributed by atoms with Gasteiger partial charge in [0.25, 0.3) is 5.91 Å². The fraction of sp³-hybridized carbons (Fsp3) is 0.308. The monoisotopic (exact) mass is 250 g/mol. The summed E-state index contributed by atoms with van der Waals surface area (Å²) in [5.41, 5.74) is 6.06. The highest BCUT2D eigenvalue weighted by molar-refractivity contribution is 5.77. The smallest absolute Gasteiger partial charge is 0.258 e. The van der Waals surface area contributed by atoms with Gasteiger partial charge in [-0.25, -0.2) is 4.39 Å². The van der Waals surface area contributed by atoms with Crippen molar-refractivity contribution in [3.05, 3.63) is 29.6 Å². The molecule has 0 aliphatic heterocycles. The molecule has 0 aliphatic rings. The summed E-state index contributed by atoms with van der Waals surface area (Å²) >= 11 is 0. The number of amides is 1. The van der Waals surface area contributed by atoms with Crippen LogP contribution in [0.1, 0.15) is 5.56 Å². The van der Waals surface area contributed by atoms with Crippen LogP contribution in [0.4, 0.5) is 4.39 Å². The van der Waals surface area contributed by atoms with E-state index in [1.165, 1.54) is 18.2 Å². The van der Waals surface area contributed by atoms with Gasteiger partial charge >= 0.3 is 0 Å². The Morgan fingerprint density at radius 3 is 3.00 bits per heavy atom. The first kappa shape index (κ1) is 14.0. The molecule has 1 rings (SSSR count). The number of ether oxygens (including phenoxy) is 1. The van der Waals surface area contributed by atoms with Crippen molar-refractivity contribution in [3.63, 3.8) is 0 Å². The SMILES string of the molecule is C#CCNC(=O)COc1ccc(F)cc1CCN. The van der Waals surface area contributed by atoms with Crippen LogP contribution in [0.15, 0.2) is 18.2 Å². The van der Waals surface area contributed by atoms with E-state index in [0.29, 0.717) is 24.3 Å². The van der Waals surface area contributed by atoms with E-state index in [9.17, 15) is 9.18 Å². The van der Waals surface area contributed by atoms with Crippen LogP contribution >= 0.6 is 0 Å². The van der Waals surface area contributed by atoms with Crippen molar-refractivity contribution in [1.82, 2.24) is 5.32 Å². The molecule has 0 saturated heterocycles. The van der Waals surface area contributed by atoms with Gasteiger partial charge in [0, 0.05) is 0 Å². The molecular weight excluding hydrogens is 235 g/mol. The van der Waals surface area contributed by atoms with Gasteiger partial charge in [0.05, 0.1) is 6.54 Å². The zero-order chi connectivity index (χ0) is 13.4. The number of carbonyl (C=O) groups is 1. The number of hydrogen-bond acceptors (Lipinski definition) is 3. The summed E-state index contributed by atoms with van der Waals surface area (Å²) in [6.45, 7) is 0.370. The quantitative estimate of drug-likeness (QED) is 0.721. The van der Waals surface area contributed by atoms with Crippen LogP contribution in [0.3, 0.4) is 0 Å². The highest BCUT2D eigenvalue weighted by Crippen LogP contribution is 2.19. The van der Waals surface area contributed by atoms with Crippen LogP contribution in [0.2, 0.25) is 0 Å². The largest absolute Gasteiger partial charge is 0.483 e. The molecule has 0 atom stereocenters. The summed E-state index contributed by atoms with van der Waals surface area (Å²) < 4.78 is 18.3. The zero-order valence-corrected chi connectivity index (χ0v) is 9.91. The highest BCUT2D eigenvalue weighted by atomic mass is 19.1. The van der Waals surface area contributed by atoms with E-state index >= 15 is 0 Å². The van der Waals surface area contributed by atoms with Crippen molar-refractivity contribution in [2.75, 3.05) is 19.7 Å². The second kappa shape index (κ2) is 7.30. The minimum absolute atomic E-state index is 0.154. The van der Waals surface area contributed by atoms with E-state index in [1.807, 2.05) is 0 Å². The molecule has 5 heteroatoms. The average molecular weight is 250 g/mol. The first-order valence-electron chi connectivity index (χ1n) is 5.49. The molecule has 0 heterocycles. The topological polar surface area (TPSA) is 64.3 Å². The average Bonchev–Trinajstić information content (AvgIpc) is 2.36. The molecule has 0 saturated carbocycles. The van der Waals surface area contributed by atoms with E-state index in [-0.39, 0.29) is 24.9 Å². The maximum Gasteiger partial charge on any atom is 0.258 e. The number of rotatable bonds is 6. The molecule has 3 N–H and O–H groups in total. The number of benzene rings is 1. The number of halogens is 1.